The van der Waals surface area contributed by atoms with Crippen molar-refractivity contribution in [3.05, 3.63) is 24.3 Å². The molecule has 0 atom stereocenters. The van der Waals surface area contributed by atoms with Crippen LogP contribution in [0.4, 0.5) is 0 Å². The minimum absolute atomic E-state index is 0.412. The van der Waals surface area contributed by atoms with E-state index in [0.717, 1.165) is 35.5 Å². The number of rotatable bonds is 1. The lowest BCUT2D eigenvalue weighted by atomic mass is 9.88. The van der Waals surface area contributed by atoms with Crippen LogP contribution in [0, 0.1) is 59.2 Å². The van der Waals surface area contributed by atoms with E-state index < -0.39 is 0 Å². The van der Waals surface area contributed by atoms with Gasteiger partial charge in [0.25, 0.3) is 0 Å². The maximum atomic E-state index is 4.92. The molecular formula is C57H112. The molecule has 340 valence electrons. The van der Waals surface area contributed by atoms with Crippen LogP contribution in [0.2, 0.25) is 0 Å². The molecule has 8 aliphatic carbocycles. The number of hydrogen-bond acceptors (Lipinski definition) is 0. The molecule has 0 aliphatic heterocycles. The predicted octanol–water partition coefficient (Wildman–Crippen LogP) is 20.6. The lowest BCUT2D eigenvalue weighted by molar-refractivity contribution is 0.346. The molecule has 0 nitrogen and oxygen atoms in total. The standard InChI is InChI=1S/2C7H14.2C6H12.2C5H10.2C5H8.2C4H8.C3H8/c1-7(2)5-3-4-6-7;1-7-5-3-2-4-6-7;1-5(2)6-3-4-6;1-6-4-2-3-5-6;1-5-3-2-4-5;2*1-2-4-5-3-1;1-4-5(2)3;1-4-2-3-4;1-4(2)3;1-3-2/h3-6H2,1-2H3;7H,2-6H2,1H3;5-6H,3-4H2,1-2H3;6H,2-5H2,1H3;5H,2-4H2,1H3;1-5H2;1-2H,3-5H2;1,5H,2-3H3;4H,2-3H2,1H3;1H2,2-3H3;3H2,1-2H3. The van der Waals surface area contributed by atoms with E-state index >= 15 is 0 Å². The van der Waals surface area contributed by atoms with Gasteiger partial charge >= 0.3 is 0 Å². The first-order valence-corrected chi connectivity index (χ1v) is 25.7. The predicted molar refractivity (Wildman–Crippen MR) is 267 cm³/mol. The molecule has 7 fully saturated rings. The average Bonchev–Trinajstić information content (AvgIpc) is 3.73. The first-order valence-electron chi connectivity index (χ1n) is 25.7. The zero-order valence-electron chi connectivity index (χ0n) is 42.5. The fraction of sp³-hybridized carbons (Fsp3) is 0.895. The third kappa shape index (κ3) is 59.4. The van der Waals surface area contributed by atoms with Crippen molar-refractivity contribution in [2.75, 3.05) is 0 Å². The molecule has 0 aromatic rings. The summed E-state index contributed by atoms with van der Waals surface area (Å²) >= 11 is 0. The monoisotopic (exact) mass is 797 g/mol. The van der Waals surface area contributed by atoms with Crippen LogP contribution in [0.5, 0.6) is 0 Å². The minimum atomic E-state index is 0.412. The smallest absolute Gasteiger partial charge is 0.0143 e. The molecule has 0 aromatic heterocycles. The number of allylic oxidation sites excluding steroid dienone is 3. The summed E-state index contributed by atoms with van der Waals surface area (Å²) in [7, 11) is 0. The normalized spacial score (nSPS) is 21.1. The Morgan fingerprint density at radius 1 is 0.544 bits per heavy atom. The molecule has 57 heavy (non-hydrogen) atoms. The van der Waals surface area contributed by atoms with Crippen molar-refractivity contribution >= 4 is 0 Å². The summed E-state index contributed by atoms with van der Waals surface area (Å²) < 4.78 is 0. The second-order valence-corrected chi connectivity index (χ2v) is 21.2. The van der Waals surface area contributed by atoms with E-state index in [0.29, 0.717) is 11.3 Å². The Balaban J connectivity index is -0.000000567. The molecule has 0 heterocycles. The Morgan fingerprint density at radius 3 is 0.912 bits per heavy atom. The molecule has 0 spiro atoms. The lowest BCUT2D eigenvalue weighted by Gasteiger charge is -2.18. The molecule has 0 amide bonds. The van der Waals surface area contributed by atoms with Gasteiger partial charge in [0.15, 0.2) is 0 Å². The SMILES string of the molecule is C#CC(C)C.C1=CCCC1.C1CCCC1.C=C(C)C.CC(C)C1CC1.CC1(C)CCCC1.CC1CC1.CC1CCC1.CC1CCCC1.CC1CCCCC1.CCC. The van der Waals surface area contributed by atoms with Crippen LogP contribution in [0.1, 0.15) is 283 Å². The average molecular weight is 798 g/mol. The van der Waals surface area contributed by atoms with Gasteiger partial charge in [0, 0.05) is 5.92 Å². The number of terminal acetylenes is 1. The highest BCUT2D eigenvalue weighted by molar-refractivity contribution is 4.88. The van der Waals surface area contributed by atoms with Crippen molar-refractivity contribution in [2.45, 2.75) is 283 Å². The van der Waals surface area contributed by atoms with Crippen LogP contribution in [-0.2, 0) is 0 Å². The molecule has 0 heteroatoms. The van der Waals surface area contributed by atoms with Crippen molar-refractivity contribution in [3.63, 3.8) is 0 Å². The molecule has 0 bridgehead atoms. The van der Waals surface area contributed by atoms with Gasteiger partial charge in [-0.2, -0.15) is 0 Å². The van der Waals surface area contributed by atoms with Crippen LogP contribution in [0.25, 0.3) is 0 Å². The van der Waals surface area contributed by atoms with E-state index in [1.165, 1.54) is 192 Å². The van der Waals surface area contributed by atoms with Gasteiger partial charge in [0.2, 0.25) is 0 Å². The largest absolute Gasteiger partial charge is 0.120 e. The van der Waals surface area contributed by atoms with Crippen LogP contribution >= 0.6 is 0 Å². The van der Waals surface area contributed by atoms with E-state index in [2.05, 4.69) is 93.9 Å². The molecule has 8 aliphatic rings. The van der Waals surface area contributed by atoms with Crippen molar-refractivity contribution < 1.29 is 0 Å². The van der Waals surface area contributed by atoms with E-state index in [9.17, 15) is 0 Å². The fourth-order valence-corrected chi connectivity index (χ4v) is 6.78. The van der Waals surface area contributed by atoms with E-state index in [-0.39, 0.29) is 0 Å². The summed E-state index contributed by atoms with van der Waals surface area (Å²) in [5, 5.41) is 0. The molecular weight excluding hydrogens is 685 g/mol. The van der Waals surface area contributed by atoms with Gasteiger partial charge in [-0.15, -0.1) is 18.9 Å². The van der Waals surface area contributed by atoms with Gasteiger partial charge in [-0.1, -0.05) is 242 Å². The molecule has 0 N–H and O–H groups in total. The molecule has 7 saturated carbocycles. The highest BCUT2D eigenvalue weighted by atomic mass is 14.3. The second kappa shape index (κ2) is 43.1. The van der Waals surface area contributed by atoms with Gasteiger partial charge in [0.1, 0.15) is 0 Å². The molecule has 0 radical (unpaired) electrons. The quantitative estimate of drug-likeness (QED) is 0.183. The topological polar surface area (TPSA) is 0 Å². The van der Waals surface area contributed by atoms with E-state index in [1.54, 1.807) is 0 Å². The first kappa shape index (κ1) is 60.3. The van der Waals surface area contributed by atoms with Gasteiger partial charge in [-0.05, 0) is 99.7 Å². The zero-order valence-corrected chi connectivity index (χ0v) is 42.5. The van der Waals surface area contributed by atoms with Crippen LogP contribution in [0.3, 0.4) is 0 Å². The summed E-state index contributed by atoms with van der Waals surface area (Å²) in [5.74, 6) is 9.23. The van der Waals surface area contributed by atoms with Crippen molar-refractivity contribution in [3.8, 4) is 12.3 Å². The van der Waals surface area contributed by atoms with E-state index in [4.69, 9.17) is 6.42 Å². The lowest BCUT2D eigenvalue weighted by Crippen LogP contribution is -2.04. The van der Waals surface area contributed by atoms with Crippen LogP contribution < -0.4 is 0 Å². The summed E-state index contributed by atoms with van der Waals surface area (Å²) in [6.07, 6.45) is 51.8. The Kier molecular flexibility index (Phi) is 45.7. The van der Waals surface area contributed by atoms with Crippen LogP contribution in [-0.4, -0.2) is 0 Å². The van der Waals surface area contributed by atoms with Crippen molar-refractivity contribution in [1.29, 1.82) is 0 Å². The molecule has 0 aromatic carbocycles. The number of hydrogen-bond donors (Lipinski definition) is 0. The highest BCUT2D eigenvalue weighted by Gasteiger charge is 2.24. The maximum Gasteiger partial charge on any atom is 0.0143 e. The third-order valence-electron chi connectivity index (χ3n) is 11.8. The highest BCUT2D eigenvalue weighted by Crippen LogP contribution is 2.36. The summed E-state index contributed by atoms with van der Waals surface area (Å²) in [6.45, 7) is 34.3. The fourth-order valence-electron chi connectivity index (χ4n) is 6.78. The Labute approximate surface area is 365 Å². The van der Waals surface area contributed by atoms with Crippen molar-refractivity contribution in [2.24, 2.45) is 46.8 Å². The summed E-state index contributed by atoms with van der Waals surface area (Å²) in [4.78, 5) is 0. The summed E-state index contributed by atoms with van der Waals surface area (Å²) in [5.41, 5.74) is 1.86. The second-order valence-electron chi connectivity index (χ2n) is 21.2. The Morgan fingerprint density at radius 2 is 0.825 bits per heavy atom. The summed E-state index contributed by atoms with van der Waals surface area (Å²) in [6, 6.07) is 0. The molecule has 0 saturated heterocycles. The zero-order chi connectivity index (χ0) is 43.7. The van der Waals surface area contributed by atoms with Gasteiger partial charge in [0.05, 0.1) is 0 Å². The third-order valence-corrected chi connectivity index (χ3v) is 11.8. The van der Waals surface area contributed by atoms with Gasteiger partial charge in [-0.3, -0.25) is 0 Å². The Hall–Kier alpha value is -0.960. The minimum Gasteiger partial charge on any atom is -0.120 e. The molecule has 0 unspecified atom stereocenters. The van der Waals surface area contributed by atoms with E-state index in [1.807, 2.05) is 27.7 Å². The van der Waals surface area contributed by atoms with Crippen molar-refractivity contribution in [1.82, 2.24) is 0 Å². The first-order chi connectivity index (χ1) is 27.0. The maximum absolute atomic E-state index is 4.92. The van der Waals surface area contributed by atoms with Gasteiger partial charge in [-0.25, -0.2) is 0 Å². The Bertz CT molecular complexity index is 825. The van der Waals surface area contributed by atoms with Gasteiger partial charge < -0.3 is 0 Å². The molecule has 8 rings (SSSR count). The van der Waals surface area contributed by atoms with Crippen LogP contribution in [0.15, 0.2) is 24.3 Å².